The van der Waals surface area contributed by atoms with Crippen LogP contribution < -0.4 is 10.6 Å². The third-order valence-corrected chi connectivity index (χ3v) is 2.74. The molecule has 0 radical (unpaired) electrons. The minimum Gasteiger partial charge on any atom is -0.376 e. The van der Waals surface area contributed by atoms with Gasteiger partial charge in [0, 0.05) is 19.5 Å². The fourth-order valence-corrected chi connectivity index (χ4v) is 1.80. The second kappa shape index (κ2) is 5.27. The van der Waals surface area contributed by atoms with E-state index in [2.05, 4.69) is 10.6 Å². The highest BCUT2D eigenvalue weighted by molar-refractivity contribution is 5.89. The minimum atomic E-state index is -0.239. The molecule has 0 spiro atoms. The molecule has 2 heterocycles. The van der Waals surface area contributed by atoms with E-state index in [1.165, 1.54) is 0 Å². The van der Waals surface area contributed by atoms with Gasteiger partial charge in [0.25, 0.3) is 0 Å². The van der Waals surface area contributed by atoms with Crippen LogP contribution in [0.4, 0.5) is 0 Å². The molecular weight excluding hydrogens is 212 g/mol. The van der Waals surface area contributed by atoms with Crippen molar-refractivity contribution in [3.05, 3.63) is 0 Å². The van der Waals surface area contributed by atoms with Crippen LogP contribution in [0.3, 0.4) is 0 Å². The summed E-state index contributed by atoms with van der Waals surface area (Å²) < 4.78 is 10.6. The molecule has 2 atom stereocenters. The third-order valence-electron chi connectivity index (χ3n) is 2.74. The molecule has 0 saturated carbocycles. The van der Waals surface area contributed by atoms with Gasteiger partial charge < -0.3 is 20.1 Å². The fourth-order valence-electron chi connectivity index (χ4n) is 1.80. The SMILES string of the molecule is O=C1CC(C(=O)NCC2COCCO2)CN1. The van der Waals surface area contributed by atoms with E-state index in [9.17, 15) is 9.59 Å². The number of amides is 2. The molecule has 2 aliphatic heterocycles. The van der Waals surface area contributed by atoms with Gasteiger partial charge in [-0.2, -0.15) is 0 Å². The Hall–Kier alpha value is -1.14. The van der Waals surface area contributed by atoms with E-state index in [1.807, 2.05) is 0 Å². The second-order valence-electron chi connectivity index (χ2n) is 4.02. The molecule has 0 aliphatic carbocycles. The lowest BCUT2D eigenvalue weighted by atomic mass is 10.1. The van der Waals surface area contributed by atoms with Gasteiger partial charge in [-0.3, -0.25) is 9.59 Å². The topological polar surface area (TPSA) is 76.7 Å². The lowest BCUT2D eigenvalue weighted by Crippen LogP contribution is -2.42. The van der Waals surface area contributed by atoms with Crippen molar-refractivity contribution in [2.75, 3.05) is 32.9 Å². The van der Waals surface area contributed by atoms with Crippen molar-refractivity contribution in [2.45, 2.75) is 12.5 Å². The average Bonchev–Trinajstić information content (AvgIpc) is 2.74. The van der Waals surface area contributed by atoms with Crippen LogP contribution in [-0.2, 0) is 19.1 Å². The van der Waals surface area contributed by atoms with Gasteiger partial charge in [0.15, 0.2) is 0 Å². The van der Waals surface area contributed by atoms with Crippen LogP contribution in [0.15, 0.2) is 0 Å². The predicted molar refractivity (Wildman–Crippen MR) is 54.7 cm³/mol. The zero-order valence-electron chi connectivity index (χ0n) is 9.03. The predicted octanol–water partition coefficient (Wildman–Crippen LogP) is -1.35. The van der Waals surface area contributed by atoms with Crippen molar-refractivity contribution in [3.63, 3.8) is 0 Å². The lowest BCUT2D eigenvalue weighted by Gasteiger charge is -2.23. The normalized spacial score (nSPS) is 29.9. The Labute approximate surface area is 93.7 Å². The van der Waals surface area contributed by atoms with Gasteiger partial charge in [0.05, 0.1) is 31.8 Å². The van der Waals surface area contributed by atoms with Gasteiger partial charge in [0.2, 0.25) is 11.8 Å². The summed E-state index contributed by atoms with van der Waals surface area (Å²) in [5.74, 6) is -0.387. The fraction of sp³-hybridized carbons (Fsp3) is 0.800. The van der Waals surface area contributed by atoms with E-state index in [1.54, 1.807) is 0 Å². The molecule has 16 heavy (non-hydrogen) atoms. The van der Waals surface area contributed by atoms with Crippen LogP contribution in [0.1, 0.15) is 6.42 Å². The third kappa shape index (κ3) is 2.93. The largest absolute Gasteiger partial charge is 0.376 e. The van der Waals surface area contributed by atoms with Crippen molar-refractivity contribution < 1.29 is 19.1 Å². The van der Waals surface area contributed by atoms with Gasteiger partial charge in [-0.1, -0.05) is 0 Å². The molecule has 6 nitrogen and oxygen atoms in total. The standard InChI is InChI=1S/C10H16N2O4/c13-9-3-7(4-11-9)10(14)12-5-8-6-15-1-2-16-8/h7-8H,1-6H2,(H,11,13)(H,12,14). The first-order valence-electron chi connectivity index (χ1n) is 5.49. The van der Waals surface area contributed by atoms with Crippen molar-refractivity contribution in [3.8, 4) is 0 Å². The summed E-state index contributed by atoms with van der Waals surface area (Å²) >= 11 is 0. The molecule has 2 amide bonds. The van der Waals surface area contributed by atoms with E-state index < -0.39 is 0 Å². The Bertz CT molecular complexity index is 276. The molecule has 2 aliphatic rings. The van der Waals surface area contributed by atoms with Gasteiger partial charge in [-0.15, -0.1) is 0 Å². The molecule has 0 aromatic rings. The van der Waals surface area contributed by atoms with Gasteiger partial charge in [-0.05, 0) is 0 Å². The zero-order valence-corrected chi connectivity index (χ0v) is 9.03. The Morgan fingerprint density at radius 3 is 3.00 bits per heavy atom. The first-order chi connectivity index (χ1) is 7.75. The number of hydrogen-bond donors (Lipinski definition) is 2. The maximum atomic E-state index is 11.6. The second-order valence-corrected chi connectivity index (χ2v) is 4.02. The van der Waals surface area contributed by atoms with E-state index in [0.29, 0.717) is 32.9 Å². The highest BCUT2D eigenvalue weighted by Gasteiger charge is 2.28. The molecule has 6 heteroatoms. The molecule has 2 rings (SSSR count). The van der Waals surface area contributed by atoms with Crippen LogP contribution in [0.25, 0.3) is 0 Å². The molecule has 0 aromatic carbocycles. The van der Waals surface area contributed by atoms with Crippen molar-refractivity contribution in [2.24, 2.45) is 5.92 Å². The lowest BCUT2D eigenvalue weighted by molar-refractivity contribution is -0.128. The number of carbonyl (C=O) groups is 2. The summed E-state index contributed by atoms with van der Waals surface area (Å²) in [5, 5.41) is 5.41. The highest BCUT2D eigenvalue weighted by Crippen LogP contribution is 2.08. The van der Waals surface area contributed by atoms with E-state index in [-0.39, 0.29) is 30.3 Å². The van der Waals surface area contributed by atoms with Crippen LogP contribution in [-0.4, -0.2) is 50.8 Å². The highest BCUT2D eigenvalue weighted by atomic mass is 16.6. The van der Waals surface area contributed by atoms with Crippen molar-refractivity contribution >= 4 is 11.8 Å². The monoisotopic (exact) mass is 228 g/mol. The summed E-state index contributed by atoms with van der Waals surface area (Å²) in [6.45, 7) is 2.59. The number of carbonyl (C=O) groups excluding carboxylic acids is 2. The van der Waals surface area contributed by atoms with E-state index in [0.717, 1.165) is 0 Å². The minimum absolute atomic E-state index is 0.0580. The van der Waals surface area contributed by atoms with Crippen LogP contribution in [0, 0.1) is 5.92 Å². The zero-order chi connectivity index (χ0) is 11.4. The number of nitrogens with one attached hydrogen (secondary N) is 2. The first-order valence-corrected chi connectivity index (χ1v) is 5.49. The Morgan fingerprint density at radius 1 is 1.50 bits per heavy atom. The van der Waals surface area contributed by atoms with Gasteiger partial charge in [-0.25, -0.2) is 0 Å². The first kappa shape index (κ1) is 11.3. The van der Waals surface area contributed by atoms with E-state index in [4.69, 9.17) is 9.47 Å². The quantitative estimate of drug-likeness (QED) is 0.626. The summed E-state index contributed by atoms with van der Waals surface area (Å²) in [4.78, 5) is 22.6. The molecule has 0 aromatic heterocycles. The summed E-state index contributed by atoms with van der Waals surface area (Å²) in [7, 11) is 0. The summed E-state index contributed by atoms with van der Waals surface area (Å²) in [6, 6.07) is 0. The summed E-state index contributed by atoms with van der Waals surface area (Å²) in [6.07, 6.45) is 0.219. The number of ether oxygens (including phenoxy) is 2. The van der Waals surface area contributed by atoms with E-state index >= 15 is 0 Å². The molecular formula is C10H16N2O4. The van der Waals surface area contributed by atoms with Crippen LogP contribution >= 0.6 is 0 Å². The smallest absolute Gasteiger partial charge is 0.225 e. The Kier molecular flexibility index (Phi) is 3.74. The number of hydrogen-bond acceptors (Lipinski definition) is 4. The molecule has 2 saturated heterocycles. The van der Waals surface area contributed by atoms with Crippen molar-refractivity contribution in [1.82, 2.24) is 10.6 Å². The van der Waals surface area contributed by atoms with Crippen molar-refractivity contribution in [1.29, 1.82) is 0 Å². The molecule has 2 N–H and O–H groups in total. The van der Waals surface area contributed by atoms with Crippen LogP contribution in [0.5, 0.6) is 0 Å². The molecule has 0 bridgehead atoms. The number of rotatable bonds is 3. The molecule has 90 valence electrons. The molecule has 2 unspecified atom stereocenters. The summed E-state index contributed by atoms with van der Waals surface area (Å²) in [5.41, 5.74) is 0. The van der Waals surface area contributed by atoms with Gasteiger partial charge in [0.1, 0.15) is 0 Å². The maximum absolute atomic E-state index is 11.6. The maximum Gasteiger partial charge on any atom is 0.225 e. The Balaban J connectivity index is 1.68. The Morgan fingerprint density at radius 2 is 2.38 bits per heavy atom. The van der Waals surface area contributed by atoms with Gasteiger partial charge >= 0.3 is 0 Å². The average molecular weight is 228 g/mol. The molecule has 2 fully saturated rings. The van der Waals surface area contributed by atoms with Crippen LogP contribution in [0.2, 0.25) is 0 Å².